The Morgan fingerprint density at radius 1 is 1.25 bits per heavy atom. The smallest absolute Gasteiger partial charge is 0.210 e. The Bertz CT molecular complexity index is 810. The molecule has 0 aliphatic rings. The minimum absolute atomic E-state index is 0.195. The third kappa shape index (κ3) is 3.85. The van der Waals surface area contributed by atoms with Gasteiger partial charge in [0.25, 0.3) is 0 Å². The van der Waals surface area contributed by atoms with Crippen molar-refractivity contribution in [3.05, 3.63) is 52.2 Å². The molecule has 24 heavy (non-hydrogen) atoms. The maximum absolute atomic E-state index is 11.9. The first-order valence-corrected chi connectivity index (χ1v) is 9.48. The lowest BCUT2D eigenvalue weighted by molar-refractivity contribution is 0.0986. The Kier molecular flexibility index (Phi) is 5.32. The standard InChI is InChI=1S/C17H18N4OS2/c1-12-6-8-13(9-7-12)16-19-20-17(21(16)18)24-11-2-4-14(22)15-5-3-10-23-15/h3,5-10H,2,4,11,18H2,1H3. The number of ketones is 1. The van der Waals surface area contributed by atoms with Gasteiger partial charge in [0.05, 0.1) is 4.88 Å². The maximum atomic E-state index is 11.9. The molecule has 0 radical (unpaired) electrons. The van der Waals surface area contributed by atoms with E-state index in [1.165, 1.54) is 33.3 Å². The van der Waals surface area contributed by atoms with Gasteiger partial charge in [0, 0.05) is 17.7 Å². The Morgan fingerprint density at radius 2 is 2.04 bits per heavy atom. The second-order valence-electron chi connectivity index (χ2n) is 5.39. The fraction of sp³-hybridized carbons (Fsp3) is 0.235. The zero-order valence-electron chi connectivity index (χ0n) is 13.3. The SMILES string of the molecule is Cc1ccc(-c2nnc(SCCCC(=O)c3cccs3)n2N)cc1. The van der Waals surface area contributed by atoms with E-state index in [1.54, 1.807) is 0 Å². The molecule has 0 unspecified atom stereocenters. The molecule has 3 aromatic rings. The summed E-state index contributed by atoms with van der Waals surface area (Å²) in [5.41, 5.74) is 2.13. The molecule has 0 saturated heterocycles. The summed E-state index contributed by atoms with van der Waals surface area (Å²) in [6.45, 7) is 2.04. The molecule has 3 rings (SSSR count). The number of nitrogens with zero attached hydrogens (tertiary/aromatic N) is 3. The number of aryl methyl sites for hydroxylation is 1. The van der Waals surface area contributed by atoms with Crippen LogP contribution < -0.4 is 5.84 Å². The highest BCUT2D eigenvalue weighted by molar-refractivity contribution is 7.99. The number of rotatable bonds is 7. The normalized spacial score (nSPS) is 10.9. The predicted molar refractivity (Wildman–Crippen MR) is 99.0 cm³/mol. The first-order valence-electron chi connectivity index (χ1n) is 7.62. The summed E-state index contributed by atoms with van der Waals surface area (Å²) in [5.74, 6) is 7.72. The number of Topliss-reactive ketones (excluding diaryl/α,β-unsaturated/α-hetero) is 1. The molecule has 124 valence electrons. The van der Waals surface area contributed by atoms with Gasteiger partial charge in [-0.1, -0.05) is 47.7 Å². The van der Waals surface area contributed by atoms with Gasteiger partial charge in [-0.3, -0.25) is 4.79 Å². The molecular formula is C17H18N4OS2. The van der Waals surface area contributed by atoms with E-state index in [0.717, 1.165) is 22.6 Å². The number of hydrogen-bond donors (Lipinski definition) is 1. The van der Waals surface area contributed by atoms with E-state index in [-0.39, 0.29) is 5.78 Å². The Balaban J connectivity index is 1.55. The summed E-state index contributed by atoms with van der Waals surface area (Å²) in [6.07, 6.45) is 1.32. The van der Waals surface area contributed by atoms with E-state index < -0.39 is 0 Å². The number of carbonyl (C=O) groups excluding carboxylic acids is 1. The third-order valence-electron chi connectivity index (χ3n) is 3.55. The van der Waals surface area contributed by atoms with E-state index in [9.17, 15) is 4.79 Å². The van der Waals surface area contributed by atoms with Crippen molar-refractivity contribution in [3.8, 4) is 11.4 Å². The minimum Gasteiger partial charge on any atom is -0.335 e. The van der Waals surface area contributed by atoms with Gasteiger partial charge < -0.3 is 5.84 Å². The first kappa shape index (κ1) is 16.7. The van der Waals surface area contributed by atoms with Crippen molar-refractivity contribution in [3.63, 3.8) is 0 Å². The van der Waals surface area contributed by atoms with E-state index in [2.05, 4.69) is 10.2 Å². The molecule has 5 nitrogen and oxygen atoms in total. The number of nitrogens with two attached hydrogens (primary N) is 1. The fourth-order valence-electron chi connectivity index (χ4n) is 2.23. The summed E-state index contributed by atoms with van der Waals surface area (Å²) >= 11 is 3.01. The van der Waals surface area contributed by atoms with E-state index >= 15 is 0 Å². The quantitative estimate of drug-likeness (QED) is 0.301. The Hall–Kier alpha value is -2.12. The van der Waals surface area contributed by atoms with Crippen LogP contribution >= 0.6 is 23.1 Å². The lowest BCUT2D eigenvalue weighted by atomic mass is 10.1. The van der Waals surface area contributed by atoms with Crippen LogP contribution in [0.2, 0.25) is 0 Å². The second-order valence-corrected chi connectivity index (χ2v) is 7.40. The van der Waals surface area contributed by atoms with Gasteiger partial charge in [-0.2, -0.15) is 0 Å². The molecule has 1 aromatic carbocycles. The zero-order valence-corrected chi connectivity index (χ0v) is 14.9. The number of nitrogen functional groups attached to an aromatic ring is 1. The Labute approximate surface area is 148 Å². The van der Waals surface area contributed by atoms with E-state index in [0.29, 0.717) is 17.4 Å². The second kappa shape index (κ2) is 7.63. The first-order chi connectivity index (χ1) is 11.6. The van der Waals surface area contributed by atoms with Gasteiger partial charge in [0.1, 0.15) is 0 Å². The molecule has 0 aliphatic heterocycles. The van der Waals surface area contributed by atoms with Gasteiger partial charge in [0.2, 0.25) is 5.16 Å². The summed E-state index contributed by atoms with van der Waals surface area (Å²) < 4.78 is 1.51. The molecule has 0 aliphatic carbocycles. The fourth-order valence-corrected chi connectivity index (χ4v) is 3.72. The molecule has 0 atom stereocenters. The van der Waals surface area contributed by atoms with Gasteiger partial charge in [0.15, 0.2) is 11.6 Å². The van der Waals surface area contributed by atoms with Crippen LogP contribution in [0.15, 0.2) is 46.9 Å². The molecule has 0 bridgehead atoms. The van der Waals surface area contributed by atoms with Crippen LogP contribution in [0, 0.1) is 6.92 Å². The maximum Gasteiger partial charge on any atom is 0.210 e. The van der Waals surface area contributed by atoms with Crippen LogP contribution in [0.5, 0.6) is 0 Å². The highest BCUT2D eigenvalue weighted by Crippen LogP contribution is 2.23. The number of thioether (sulfide) groups is 1. The van der Waals surface area contributed by atoms with Crippen molar-refractivity contribution in [2.24, 2.45) is 0 Å². The topological polar surface area (TPSA) is 73.8 Å². The average Bonchev–Trinajstić information content (AvgIpc) is 3.23. The number of benzene rings is 1. The van der Waals surface area contributed by atoms with Gasteiger partial charge >= 0.3 is 0 Å². The van der Waals surface area contributed by atoms with Crippen molar-refractivity contribution >= 4 is 28.9 Å². The molecule has 2 heterocycles. The summed E-state index contributed by atoms with van der Waals surface area (Å²) in [7, 11) is 0. The van der Waals surface area contributed by atoms with Gasteiger partial charge in [-0.15, -0.1) is 21.5 Å². The minimum atomic E-state index is 0.195. The summed E-state index contributed by atoms with van der Waals surface area (Å²) in [4.78, 5) is 12.8. The van der Waals surface area contributed by atoms with Crippen molar-refractivity contribution < 1.29 is 4.79 Å². The molecule has 0 saturated carbocycles. The zero-order chi connectivity index (χ0) is 16.9. The van der Waals surface area contributed by atoms with Crippen LogP contribution in [0.3, 0.4) is 0 Å². The summed E-state index contributed by atoms with van der Waals surface area (Å²) in [6, 6.07) is 11.8. The van der Waals surface area contributed by atoms with Crippen molar-refractivity contribution in [1.82, 2.24) is 14.9 Å². The number of thiophene rings is 1. The monoisotopic (exact) mass is 358 g/mol. The van der Waals surface area contributed by atoms with Crippen LogP contribution in [-0.4, -0.2) is 26.4 Å². The third-order valence-corrected chi connectivity index (χ3v) is 5.49. The largest absolute Gasteiger partial charge is 0.335 e. The molecule has 0 spiro atoms. The molecule has 2 N–H and O–H groups in total. The highest BCUT2D eigenvalue weighted by Gasteiger charge is 2.12. The van der Waals surface area contributed by atoms with E-state index in [1.807, 2.05) is 48.7 Å². The van der Waals surface area contributed by atoms with Gasteiger partial charge in [-0.25, -0.2) is 4.68 Å². The van der Waals surface area contributed by atoms with Crippen molar-refractivity contribution in [1.29, 1.82) is 0 Å². The molecule has 7 heteroatoms. The number of carbonyl (C=O) groups is 1. The van der Waals surface area contributed by atoms with Gasteiger partial charge in [-0.05, 0) is 24.8 Å². The van der Waals surface area contributed by atoms with Crippen LogP contribution in [0.1, 0.15) is 28.1 Å². The van der Waals surface area contributed by atoms with Crippen molar-refractivity contribution in [2.75, 3.05) is 11.6 Å². The molecule has 0 fully saturated rings. The van der Waals surface area contributed by atoms with Crippen LogP contribution in [0.4, 0.5) is 0 Å². The van der Waals surface area contributed by atoms with Crippen LogP contribution in [0.25, 0.3) is 11.4 Å². The lowest BCUT2D eigenvalue weighted by Gasteiger charge is -2.04. The molecule has 2 aromatic heterocycles. The average molecular weight is 358 g/mol. The Morgan fingerprint density at radius 3 is 2.75 bits per heavy atom. The predicted octanol–water partition coefficient (Wildman–Crippen LogP) is 3.78. The van der Waals surface area contributed by atoms with Crippen LogP contribution in [-0.2, 0) is 0 Å². The molecule has 0 amide bonds. The summed E-state index contributed by atoms with van der Waals surface area (Å²) in [5, 5.41) is 10.9. The number of hydrogen-bond acceptors (Lipinski definition) is 6. The number of aromatic nitrogens is 3. The highest BCUT2D eigenvalue weighted by atomic mass is 32.2. The van der Waals surface area contributed by atoms with E-state index in [4.69, 9.17) is 5.84 Å². The molecular weight excluding hydrogens is 340 g/mol. The van der Waals surface area contributed by atoms with Crippen molar-refractivity contribution in [2.45, 2.75) is 24.9 Å². The lowest BCUT2D eigenvalue weighted by Crippen LogP contribution is -2.11.